The molecule has 0 aliphatic carbocycles. The Bertz CT molecular complexity index is 1220. The molecule has 0 radical (unpaired) electrons. The second-order valence-electron chi connectivity index (χ2n) is 7.91. The molecule has 7 nitrogen and oxygen atoms in total. The summed E-state index contributed by atoms with van der Waals surface area (Å²) in [4.78, 5) is 29.8. The minimum atomic E-state index is -0.748. The van der Waals surface area contributed by atoms with Gasteiger partial charge in [0, 0.05) is 16.7 Å². The van der Waals surface area contributed by atoms with Gasteiger partial charge in [-0.25, -0.2) is 0 Å². The average molecular weight is 554 g/mol. The van der Waals surface area contributed by atoms with Gasteiger partial charge in [0.1, 0.15) is 17.5 Å². The van der Waals surface area contributed by atoms with Gasteiger partial charge in [-0.05, 0) is 78.4 Å². The molecule has 0 aromatic heterocycles. The number of hydrogen-bond acceptors (Lipinski definition) is 5. The lowest BCUT2D eigenvalue weighted by Crippen LogP contribution is -2.37. The van der Waals surface area contributed by atoms with Crippen LogP contribution in [0.3, 0.4) is 0 Å². The van der Waals surface area contributed by atoms with E-state index in [1.165, 1.54) is 4.90 Å². The molecule has 1 atom stereocenters. The average Bonchev–Trinajstić information content (AvgIpc) is 3.09. The minimum absolute atomic E-state index is 0.0438. The minimum Gasteiger partial charge on any atom is -0.497 e. The maximum absolute atomic E-state index is 13.6. The van der Waals surface area contributed by atoms with Crippen LogP contribution in [0, 0.1) is 0 Å². The van der Waals surface area contributed by atoms with E-state index in [2.05, 4.69) is 21.2 Å². The summed E-state index contributed by atoms with van der Waals surface area (Å²) < 4.78 is 11.4. The Kier molecular flexibility index (Phi) is 7.67. The summed E-state index contributed by atoms with van der Waals surface area (Å²) >= 11 is 9.13. The summed E-state index contributed by atoms with van der Waals surface area (Å²) in [6, 6.07) is 21.2. The van der Waals surface area contributed by atoms with Crippen molar-refractivity contribution < 1.29 is 19.1 Å². The van der Waals surface area contributed by atoms with E-state index in [0.29, 0.717) is 28.8 Å². The monoisotopic (exact) mass is 553 g/mol. The summed E-state index contributed by atoms with van der Waals surface area (Å²) in [6.45, 7) is 0.372. The van der Waals surface area contributed by atoms with Crippen LogP contribution in [0.25, 0.3) is 0 Å². The van der Waals surface area contributed by atoms with Crippen molar-refractivity contribution in [2.24, 2.45) is 0 Å². The van der Waals surface area contributed by atoms with Crippen molar-refractivity contribution in [3.63, 3.8) is 0 Å². The second-order valence-corrected chi connectivity index (χ2v) is 9.19. The summed E-state index contributed by atoms with van der Waals surface area (Å²) in [6.07, 6.45) is -0.0438. The molecule has 1 heterocycles. The Morgan fingerprint density at radius 2 is 1.51 bits per heavy atom. The first-order chi connectivity index (χ1) is 16.9. The molecule has 1 unspecified atom stereocenters. The molecule has 180 valence electrons. The fourth-order valence-corrected chi connectivity index (χ4v) is 4.48. The third-order valence-corrected chi connectivity index (χ3v) is 6.61. The zero-order valence-corrected chi connectivity index (χ0v) is 21.6. The third-order valence-electron chi connectivity index (χ3n) is 5.67. The molecule has 1 aliphatic heterocycles. The highest BCUT2D eigenvalue weighted by atomic mass is 79.9. The molecule has 2 amide bonds. The zero-order chi connectivity index (χ0) is 24.9. The number of ether oxygens (including phenoxy) is 2. The Labute approximate surface area is 217 Å². The smallest absolute Gasteiger partial charge is 0.256 e. The SMILES string of the molecule is COc1ccc(CN2C(=S)N(c3ccc(OC)cc3)C(=O)C2CC(=O)Nc2ccc(Br)cc2)cc1. The normalized spacial score (nSPS) is 15.3. The van der Waals surface area contributed by atoms with Crippen molar-refractivity contribution in [1.82, 2.24) is 4.90 Å². The Balaban J connectivity index is 1.59. The molecule has 0 saturated carbocycles. The van der Waals surface area contributed by atoms with Crippen molar-refractivity contribution in [2.75, 3.05) is 24.4 Å². The fraction of sp³-hybridized carbons (Fsp3) is 0.192. The van der Waals surface area contributed by atoms with E-state index in [0.717, 1.165) is 15.8 Å². The number of methoxy groups -OCH3 is 2. The Morgan fingerprint density at radius 1 is 0.943 bits per heavy atom. The molecule has 1 N–H and O–H groups in total. The molecule has 35 heavy (non-hydrogen) atoms. The van der Waals surface area contributed by atoms with Gasteiger partial charge in [-0.3, -0.25) is 14.5 Å². The third kappa shape index (κ3) is 5.63. The molecule has 0 bridgehead atoms. The molecule has 1 fully saturated rings. The van der Waals surface area contributed by atoms with Crippen LogP contribution < -0.4 is 19.7 Å². The first kappa shape index (κ1) is 24.7. The van der Waals surface area contributed by atoms with E-state index in [1.807, 2.05) is 36.4 Å². The predicted octanol–water partition coefficient (Wildman–Crippen LogP) is 5.00. The number of nitrogens with zero attached hydrogens (tertiary/aromatic N) is 2. The Morgan fingerprint density at radius 3 is 2.09 bits per heavy atom. The largest absolute Gasteiger partial charge is 0.497 e. The molecular weight excluding hydrogens is 530 g/mol. The maximum atomic E-state index is 13.6. The van der Waals surface area contributed by atoms with Gasteiger partial charge in [0.2, 0.25) is 5.91 Å². The highest BCUT2D eigenvalue weighted by Crippen LogP contribution is 2.30. The predicted molar refractivity (Wildman–Crippen MR) is 143 cm³/mol. The van der Waals surface area contributed by atoms with E-state index in [1.54, 1.807) is 55.5 Å². The summed E-state index contributed by atoms with van der Waals surface area (Å²) in [7, 11) is 3.19. The molecule has 0 spiro atoms. The molecule has 3 aromatic carbocycles. The summed E-state index contributed by atoms with van der Waals surface area (Å²) in [5.41, 5.74) is 2.21. The first-order valence-corrected chi connectivity index (χ1v) is 12.1. The molecule has 1 aliphatic rings. The lowest BCUT2D eigenvalue weighted by molar-refractivity contribution is -0.124. The topological polar surface area (TPSA) is 71.1 Å². The Hall–Kier alpha value is -3.43. The highest BCUT2D eigenvalue weighted by Gasteiger charge is 2.44. The standard InChI is InChI=1S/C26H24BrN3O4S/c1-33-21-11-3-17(4-12-21)16-29-23(15-24(31)28-19-7-5-18(27)6-8-19)25(32)30(26(29)35)20-9-13-22(34-2)14-10-20/h3-14,23H,15-16H2,1-2H3,(H,28,31). The number of rotatable bonds is 8. The van der Waals surface area contributed by atoms with Gasteiger partial charge < -0.3 is 19.7 Å². The van der Waals surface area contributed by atoms with Gasteiger partial charge in [0.05, 0.1) is 26.3 Å². The van der Waals surface area contributed by atoms with Crippen LogP contribution in [0.4, 0.5) is 11.4 Å². The van der Waals surface area contributed by atoms with Gasteiger partial charge in [-0.15, -0.1) is 0 Å². The maximum Gasteiger partial charge on any atom is 0.256 e. The van der Waals surface area contributed by atoms with Crippen LogP contribution in [-0.2, 0) is 16.1 Å². The summed E-state index contributed by atoms with van der Waals surface area (Å²) in [5.74, 6) is 0.885. The van der Waals surface area contributed by atoms with Crippen LogP contribution in [0.1, 0.15) is 12.0 Å². The van der Waals surface area contributed by atoms with Gasteiger partial charge in [0.15, 0.2) is 5.11 Å². The van der Waals surface area contributed by atoms with Gasteiger partial charge in [-0.1, -0.05) is 28.1 Å². The molecule has 9 heteroatoms. The number of benzene rings is 3. The van der Waals surface area contributed by atoms with Gasteiger partial charge >= 0.3 is 0 Å². The van der Waals surface area contributed by atoms with Crippen LogP contribution in [0.15, 0.2) is 77.3 Å². The quantitative estimate of drug-likeness (QED) is 0.396. The van der Waals surface area contributed by atoms with Crippen LogP contribution in [-0.4, -0.2) is 42.1 Å². The number of nitrogens with one attached hydrogen (secondary N) is 1. The summed E-state index contributed by atoms with van der Waals surface area (Å²) in [5, 5.41) is 3.21. The van der Waals surface area contributed by atoms with E-state index < -0.39 is 6.04 Å². The highest BCUT2D eigenvalue weighted by molar-refractivity contribution is 9.10. The van der Waals surface area contributed by atoms with Crippen molar-refractivity contribution in [1.29, 1.82) is 0 Å². The number of thiocarbonyl (C=S) groups is 1. The van der Waals surface area contributed by atoms with E-state index >= 15 is 0 Å². The molecular formula is C26H24BrN3O4S. The second kappa shape index (κ2) is 10.9. The number of halogens is 1. The van der Waals surface area contributed by atoms with Crippen molar-refractivity contribution >= 4 is 56.4 Å². The number of carbonyl (C=O) groups excluding carboxylic acids is 2. The number of amides is 2. The fourth-order valence-electron chi connectivity index (χ4n) is 3.83. The van der Waals surface area contributed by atoms with E-state index in [4.69, 9.17) is 21.7 Å². The number of hydrogen-bond donors (Lipinski definition) is 1. The molecule has 1 saturated heterocycles. The van der Waals surface area contributed by atoms with E-state index in [9.17, 15) is 9.59 Å². The van der Waals surface area contributed by atoms with Crippen LogP contribution >= 0.6 is 28.1 Å². The zero-order valence-electron chi connectivity index (χ0n) is 19.2. The van der Waals surface area contributed by atoms with E-state index in [-0.39, 0.29) is 18.2 Å². The first-order valence-electron chi connectivity index (χ1n) is 10.9. The molecule has 4 rings (SSSR count). The van der Waals surface area contributed by atoms with Crippen molar-refractivity contribution in [2.45, 2.75) is 19.0 Å². The number of carbonyl (C=O) groups is 2. The number of anilines is 2. The van der Waals surface area contributed by atoms with Crippen LogP contribution in [0.2, 0.25) is 0 Å². The van der Waals surface area contributed by atoms with Crippen LogP contribution in [0.5, 0.6) is 11.5 Å². The van der Waals surface area contributed by atoms with Crippen molar-refractivity contribution in [3.8, 4) is 11.5 Å². The van der Waals surface area contributed by atoms with Gasteiger partial charge in [0.25, 0.3) is 5.91 Å². The molecule has 3 aromatic rings. The lowest BCUT2D eigenvalue weighted by atomic mass is 10.1. The van der Waals surface area contributed by atoms with Crippen molar-refractivity contribution in [3.05, 3.63) is 82.8 Å². The van der Waals surface area contributed by atoms with Gasteiger partial charge in [-0.2, -0.15) is 0 Å². The lowest BCUT2D eigenvalue weighted by Gasteiger charge is -2.24.